The molecule has 2 N–H and O–H groups in total. The summed E-state index contributed by atoms with van der Waals surface area (Å²) in [4.78, 5) is 10.1. The summed E-state index contributed by atoms with van der Waals surface area (Å²) in [6, 6.07) is 7.55. The lowest BCUT2D eigenvalue weighted by Gasteiger charge is -1.97. The van der Waals surface area contributed by atoms with Crippen molar-refractivity contribution in [3.8, 4) is 11.8 Å². The van der Waals surface area contributed by atoms with E-state index in [-0.39, 0.29) is 0 Å². The molecule has 1 aromatic carbocycles. The Labute approximate surface area is 88.4 Å². The predicted molar refractivity (Wildman–Crippen MR) is 59.6 cm³/mol. The lowest BCUT2D eigenvalue weighted by molar-refractivity contribution is -0.131. The van der Waals surface area contributed by atoms with Crippen LogP contribution in [0.25, 0.3) is 0 Å². The zero-order valence-corrected chi connectivity index (χ0v) is 8.32. The maximum atomic E-state index is 10.1. The molecule has 0 fully saturated rings. The van der Waals surface area contributed by atoms with Crippen molar-refractivity contribution < 1.29 is 9.90 Å². The first-order valence-electron chi connectivity index (χ1n) is 4.41. The standard InChI is InChI=1S/C12H11NO2/c1-13-11-8-6-10(7-9-11)4-2-3-5-12(14)15/h3,5-9,13H,1H3,(H,14,15)/b5-3+. The normalized spacial score (nSPS) is 9.40. The molecular weight excluding hydrogens is 190 g/mol. The van der Waals surface area contributed by atoms with Crippen molar-refractivity contribution in [2.75, 3.05) is 12.4 Å². The van der Waals surface area contributed by atoms with Crippen LogP contribution in [0.4, 0.5) is 5.69 Å². The number of rotatable bonds is 2. The number of carboxylic acid groups (broad SMARTS) is 1. The van der Waals surface area contributed by atoms with E-state index in [1.807, 2.05) is 31.3 Å². The van der Waals surface area contributed by atoms with Crippen LogP contribution in [0.5, 0.6) is 0 Å². The molecule has 0 radical (unpaired) electrons. The van der Waals surface area contributed by atoms with Crippen LogP contribution < -0.4 is 5.32 Å². The summed E-state index contributed by atoms with van der Waals surface area (Å²) >= 11 is 0. The second kappa shape index (κ2) is 5.51. The fourth-order valence-corrected chi connectivity index (χ4v) is 0.958. The van der Waals surface area contributed by atoms with Gasteiger partial charge in [-0.2, -0.15) is 0 Å². The van der Waals surface area contributed by atoms with Gasteiger partial charge in [0.1, 0.15) is 0 Å². The van der Waals surface area contributed by atoms with Crippen molar-refractivity contribution in [1.29, 1.82) is 0 Å². The van der Waals surface area contributed by atoms with E-state index in [1.165, 1.54) is 6.08 Å². The van der Waals surface area contributed by atoms with Crippen molar-refractivity contribution in [2.45, 2.75) is 0 Å². The Bertz CT molecular complexity index is 421. The van der Waals surface area contributed by atoms with Crippen LogP contribution in [0, 0.1) is 11.8 Å². The van der Waals surface area contributed by atoms with Crippen molar-refractivity contribution >= 4 is 11.7 Å². The van der Waals surface area contributed by atoms with E-state index in [2.05, 4.69) is 17.2 Å². The monoisotopic (exact) mass is 201 g/mol. The highest BCUT2D eigenvalue weighted by Crippen LogP contribution is 2.06. The maximum Gasteiger partial charge on any atom is 0.328 e. The van der Waals surface area contributed by atoms with E-state index in [0.717, 1.165) is 17.3 Å². The topological polar surface area (TPSA) is 49.3 Å². The third kappa shape index (κ3) is 4.01. The Balaban J connectivity index is 2.68. The Morgan fingerprint density at radius 3 is 2.60 bits per heavy atom. The van der Waals surface area contributed by atoms with Gasteiger partial charge in [0, 0.05) is 24.4 Å². The highest BCUT2D eigenvalue weighted by molar-refractivity contribution is 5.80. The number of aliphatic carboxylic acids is 1. The fraction of sp³-hybridized carbons (Fsp3) is 0.0833. The molecule has 0 amide bonds. The van der Waals surface area contributed by atoms with Gasteiger partial charge >= 0.3 is 5.97 Å². The zero-order valence-electron chi connectivity index (χ0n) is 8.32. The number of allylic oxidation sites excluding steroid dienone is 1. The van der Waals surface area contributed by atoms with Crippen LogP contribution in [0.3, 0.4) is 0 Å². The fourth-order valence-electron chi connectivity index (χ4n) is 0.958. The molecule has 0 heterocycles. The first kappa shape index (κ1) is 10.9. The van der Waals surface area contributed by atoms with Gasteiger partial charge in [-0.25, -0.2) is 4.79 Å². The molecule has 0 saturated heterocycles. The summed E-state index contributed by atoms with van der Waals surface area (Å²) in [5.74, 6) is 4.47. The molecule has 0 aliphatic heterocycles. The number of carbonyl (C=O) groups is 1. The molecule has 3 nitrogen and oxygen atoms in total. The highest BCUT2D eigenvalue weighted by atomic mass is 16.4. The number of hydrogen-bond acceptors (Lipinski definition) is 2. The summed E-state index contributed by atoms with van der Waals surface area (Å²) in [5, 5.41) is 11.3. The number of hydrogen-bond donors (Lipinski definition) is 2. The van der Waals surface area contributed by atoms with E-state index >= 15 is 0 Å². The first-order valence-corrected chi connectivity index (χ1v) is 4.41. The van der Waals surface area contributed by atoms with Gasteiger partial charge in [-0.3, -0.25) is 0 Å². The largest absolute Gasteiger partial charge is 0.478 e. The highest BCUT2D eigenvalue weighted by Gasteiger charge is 1.87. The Morgan fingerprint density at radius 2 is 2.07 bits per heavy atom. The summed E-state index contributed by atoms with van der Waals surface area (Å²) in [7, 11) is 1.84. The summed E-state index contributed by atoms with van der Waals surface area (Å²) < 4.78 is 0. The molecule has 0 aliphatic rings. The average molecular weight is 201 g/mol. The van der Waals surface area contributed by atoms with Gasteiger partial charge in [0.25, 0.3) is 0 Å². The number of anilines is 1. The summed E-state index contributed by atoms with van der Waals surface area (Å²) in [5.41, 5.74) is 1.87. The number of nitrogens with one attached hydrogen (secondary N) is 1. The molecule has 15 heavy (non-hydrogen) atoms. The SMILES string of the molecule is CNc1ccc(C#C/C=C/C(=O)O)cc1. The van der Waals surface area contributed by atoms with Gasteiger partial charge in [-0.15, -0.1) is 0 Å². The Kier molecular flexibility index (Phi) is 3.99. The smallest absolute Gasteiger partial charge is 0.328 e. The van der Waals surface area contributed by atoms with Gasteiger partial charge in [0.05, 0.1) is 0 Å². The van der Waals surface area contributed by atoms with E-state index in [0.29, 0.717) is 0 Å². The van der Waals surface area contributed by atoms with Crippen molar-refractivity contribution in [1.82, 2.24) is 0 Å². The van der Waals surface area contributed by atoms with Crippen LogP contribution in [0.2, 0.25) is 0 Å². The quantitative estimate of drug-likeness (QED) is 0.565. The van der Waals surface area contributed by atoms with Crippen LogP contribution in [-0.4, -0.2) is 18.1 Å². The van der Waals surface area contributed by atoms with E-state index in [9.17, 15) is 4.79 Å². The van der Waals surface area contributed by atoms with Crippen LogP contribution in [0.1, 0.15) is 5.56 Å². The molecule has 76 valence electrons. The Morgan fingerprint density at radius 1 is 1.40 bits per heavy atom. The van der Waals surface area contributed by atoms with Gasteiger partial charge in [-0.1, -0.05) is 11.8 Å². The van der Waals surface area contributed by atoms with E-state index < -0.39 is 5.97 Å². The van der Waals surface area contributed by atoms with Crippen LogP contribution in [-0.2, 0) is 4.79 Å². The lowest BCUT2D eigenvalue weighted by atomic mass is 10.2. The van der Waals surface area contributed by atoms with Gasteiger partial charge in [0.15, 0.2) is 0 Å². The molecule has 0 aliphatic carbocycles. The molecular formula is C12H11NO2. The summed E-state index contributed by atoms with van der Waals surface area (Å²) in [6.07, 6.45) is 2.32. The zero-order chi connectivity index (χ0) is 11.1. The molecule has 0 atom stereocenters. The molecule has 0 unspecified atom stereocenters. The molecule has 1 aromatic rings. The number of carboxylic acids is 1. The number of benzene rings is 1. The average Bonchev–Trinajstić information content (AvgIpc) is 2.25. The summed E-state index contributed by atoms with van der Waals surface area (Å²) in [6.45, 7) is 0. The minimum absolute atomic E-state index is 0.851. The molecule has 0 aromatic heterocycles. The second-order valence-corrected chi connectivity index (χ2v) is 2.77. The third-order valence-corrected chi connectivity index (χ3v) is 1.70. The molecule has 3 heteroatoms. The minimum Gasteiger partial charge on any atom is -0.478 e. The van der Waals surface area contributed by atoms with E-state index in [1.54, 1.807) is 0 Å². The molecule has 1 rings (SSSR count). The van der Waals surface area contributed by atoms with Crippen LogP contribution in [0.15, 0.2) is 36.4 Å². The predicted octanol–water partition coefficient (Wildman–Crippen LogP) is 1.72. The molecule has 0 bridgehead atoms. The first-order chi connectivity index (χ1) is 7.22. The van der Waals surface area contributed by atoms with E-state index in [4.69, 9.17) is 5.11 Å². The maximum absolute atomic E-state index is 10.1. The third-order valence-electron chi connectivity index (χ3n) is 1.70. The van der Waals surface area contributed by atoms with Gasteiger partial charge < -0.3 is 10.4 Å². The van der Waals surface area contributed by atoms with Gasteiger partial charge in [-0.05, 0) is 30.3 Å². The van der Waals surface area contributed by atoms with Crippen molar-refractivity contribution in [2.24, 2.45) is 0 Å². The Hall–Kier alpha value is -2.21. The van der Waals surface area contributed by atoms with Crippen LogP contribution >= 0.6 is 0 Å². The minimum atomic E-state index is -0.991. The molecule has 0 saturated carbocycles. The van der Waals surface area contributed by atoms with Crippen molar-refractivity contribution in [3.05, 3.63) is 42.0 Å². The van der Waals surface area contributed by atoms with Crippen molar-refractivity contribution in [3.63, 3.8) is 0 Å². The molecule has 0 spiro atoms. The lowest BCUT2D eigenvalue weighted by Crippen LogP contribution is -1.86. The second-order valence-electron chi connectivity index (χ2n) is 2.77. The van der Waals surface area contributed by atoms with Gasteiger partial charge in [0.2, 0.25) is 0 Å².